The highest BCUT2D eigenvalue weighted by Gasteiger charge is 1.93. The highest BCUT2D eigenvalue weighted by molar-refractivity contribution is 5.94. The lowest BCUT2D eigenvalue weighted by atomic mass is 10.2. The molecule has 0 atom stereocenters. The van der Waals surface area contributed by atoms with E-state index in [2.05, 4.69) is 0 Å². The number of halogens is 2. The van der Waals surface area contributed by atoms with E-state index in [0.717, 1.165) is 0 Å². The van der Waals surface area contributed by atoms with Gasteiger partial charge in [-0.15, -0.1) is 12.4 Å². The number of nitrogens with two attached hydrogens (primary N) is 1. The van der Waals surface area contributed by atoms with Crippen molar-refractivity contribution in [3.63, 3.8) is 0 Å². The van der Waals surface area contributed by atoms with E-state index in [1.165, 1.54) is 24.3 Å². The van der Waals surface area contributed by atoms with Gasteiger partial charge in [-0.25, -0.2) is 4.39 Å². The van der Waals surface area contributed by atoms with Crippen LogP contribution < -0.4 is 5.73 Å². The Morgan fingerprint density at radius 2 is 1.79 bits per heavy atom. The summed E-state index contributed by atoms with van der Waals surface area (Å²) < 4.78 is 12.2. The molecule has 5 heteroatoms. The largest absolute Gasteiger partial charge is 0.397 e. The molecule has 0 saturated heterocycles. The summed E-state index contributed by atoms with van der Waals surface area (Å²) >= 11 is 0. The van der Waals surface area contributed by atoms with Crippen molar-refractivity contribution >= 4 is 18.2 Å². The van der Waals surface area contributed by atoms with Gasteiger partial charge in [0.1, 0.15) is 11.7 Å². The first-order valence-electron chi connectivity index (χ1n) is 3.82. The van der Waals surface area contributed by atoms with E-state index < -0.39 is 0 Å². The topological polar surface area (TPSA) is 70.1 Å². The quantitative estimate of drug-likeness (QED) is 0.496. The number of rotatable bonds is 1. The number of hydrogen-bond acceptors (Lipinski definition) is 2. The summed E-state index contributed by atoms with van der Waals surface area (Å²) in [4.78, 5) is 0. The summed E-state index contributed by atoms with van der Waals surface area (Å²) in [6, 6.07) is 5.49. The number of aliphatic hydroxyl groups excluding tert-OH is 1. The first-order chi connectivity index (χ1) is 6.11. The predicted molar refractivity (Wildman–Crippen MR) is 57.4 cm³/mol. The van der Waals surface area contributed by atoms with Gasteiger partial charge in [-0.05, 0) is 31.2 Å². The van der Waals surface area contributed by atoms with Crippen LogP contribution in [-0.2, 0) is 0 Å². The van der Waals surface area contributed by atoms with Gasteiger partial charge in [0.25, 0.3) is 0 Å². The Hall–Kier alpha value is -1.13. The molecule has 1 aromatic rings. The molecule has 14 heavy (non-hydrogen) atoms. The molecule has 0 fully saturated rings. The molecule has 0 heterocycles. The zero-order valence-electron chi connectivity index (χ0n) is 7.83. The van der Waals surface area contributed by atoms with Gasteiger partial charge in [-0.3, -0.25) is 5.41 Å². The lowest BCUT2D eigenvalue weighted by Crippen LogP contribution is -2.10. The second-order valence-corrected chi connectivity index (χ2v) is 2.24. The van der Waals surface area contributed by atoms with E-state index in [0.29, 0.717) is 5.56 Å². The number of nitrogens with one attached hydrogen (secondary N) is 1. The van der Waals surface area contributed by atoms with Gasteiger partial charge in [0, 0.05) is 12.2 Å². The fourth-order valence-electron chi connectivity index (χ4n) is 0.629. The van der Waals surface area contributed by atoms with Crippen LogP contribution in [0.2, 0.25) is 0 Å². The maximum absolute atomic E-state index is 12.2. The van der Waals surface area contributed by atoms with Crippen molar-refractivity contribution in [1.29, 1.82) is 5.41 Å². The third-order valence-corrected chi connectivity index (χ3v) is 1.16. The Bertz CT molecular complexity index is 264. The number of hydrogen-bond donors (Lipinski definition) is 3. The SMILES string of the molecule is CCO.Cl.N=C(N)c1ccc(F)cc1. The molecule has 0 amide bonds. The van der Waals surface area contributed by atoms with Crippen LogP contribution in [0.3, 0.4) is 0 Å². The van der Waals surface area contributed by atoms with Gasteiger partial charge in [0.15, 0.2) is 0 Å². The smallest absolute Gasteiger partial charge is 0.123 e. The van der Waals surface area contributed by atoms with Gasteiger partial charge < -0.3 is 10.8 Å². The summed E-state index contributed by atoms with van der Waals surface area (Å²) in [6.07, 6.45) is 0. The average molecular weight is 221 g/mol. The third-order valence-electron chi connectivity index (χ3n) is 1.16. The highest BCUT2D eigenvalue weighted by Crippen LogP contribution is 2.00. The van der Waals surface area contributed by atoms with Crippen LogP contribution in [0.25, 0.3) is 0 Å². The van der Waals surface area contributed by atoms with Crippen LogP contribution in [0.1, 0.15) is 12.5 Å². The molecule has 0 aliphatic carbocycles. The Morgan fingerprint density at radius 1 is 1.43 bits per heavy atom. The van der Waals surface area contributed by atoms with Crippen LogP contribution in [0.5, 0.6) is 0 Å². The summed E-state index contributed by atoms with van der Waals surface area (Å²) in [5.74, 6) is -0.356. The Kier molecular flexibility index (Phi) is 9.28. The van der Waals surface area contributed by atoms with Crippen LogP contribution in [0.4, 0.5) is 4.39 Å². The summed E-state index contributed by atoms with van der Waals surface area (Å²) in [7, 11) is 0. The molecule has 1 rings (SSSR count). The van der Waals surface area contributed by atoms with Crippen molar-refractivity contribution in [1.82, 2.24) is 0 Å². The molecule has 80 valence electrons. The second-order valence-electron chi connectivity index (χ2n) is 2.24. The first kappa shape index (κ1) is 15.3. The molecule has 0 saturated carbocycles. The number of nitrogen functional groups attached to an aromatic ring is 1. The van der Waals surface area contributed by atoms with Crippen LogP contribution in [0, 0.1) is 11.2 Å². The molecule has 1 aromatic carbocycles. The Balaban J connectivity index is 0. The molecule has 0 radical (unpaired) electrons. The van der Waals surface area contributed by atoms with Gasteiger partial charge in [0.05, 0.1) is 0 Å². The molecule has 0 unspecified atom stereocenters. The Labute approximate surface area is 88.7 Å². The molecule has 0 aromatic heterocycles. The lowest BCUT2D eigenvalue weighted by Gasteiger charge is -1.94. The molecular weight excluding hydrogens is 207 g/mol. The van der Waals surface area contributed by atoms with Crippen LogP contribution >= 0.6 is 12.4 Å². The van der Waals surface area contributed by atoms with E-state index in [1.807, 2.05) is 0 Å². The zero-order valence-corrected chi connectivity index (χ0v) is 8.64. The minimum atomic E-state index is -0.315. The maximum Gasteiger partial charge on any atom is 0.123 e. The first-order valence-corrected chi connectivity index (χ1v) is 3.82. The molecule has 3 nitrogen and oxygen atoms in total. The standard InChI is InChI=1S/C7H7FN2.C2H6O.ClH/c8-6-3-1-5(2-4-6)7(9)10;1-2-3;/h1-4H,(H3,9,10);3H,2H2,1H3;1H. The monoisotopic (exact) mass is 220 g/mol. The van der Waals surface area contributed by atoms with Crippen molar-refractivity contribution < 1.29 is 9.50 Å². The van der Waals surface area contributed by atoms with E-state index in [9.17, 15) is 4.39 Å². The normalized spacial score (nSPS) is 7.93. The highest BCUT2D eigenvalue weighted by atomic mass is 35.5. The minimum Gasteiger partial charge on any atom is -0.397 e. The van der Waals surface area contributed by atoms with Gasteiger partial charge in [-0.1, -0.05) is 0 Å². The molecule has 4 N–H and O–H groups in total. The maximum atomic E-state index is 12.2. The minimum absolute atomic E-state index is 0. The van der Waals surface area contributed by atoms with Crippen LogP contribution in [0.15, 0.2) is 24.3 Å². The van der Waals surface area contributed by atoms with Crippen LogP contribution in [-0.4, -0.2) is 17.5 Å². The fraction of sp³-hybridized carbons (Fsp3) is 0.222. The molecular formula is C9H14ClFN2O. The van der Waals surface area contributed by atoms with Gasteiger partial charge in [-0.2, -0.15) is 0 Å². The van der Waals surface area contributed by atoms with Gasteiger partial charge in [0.2, 0.25) is 0 Å². The molecule has 0 bridgehead atoms. The van der Waals surface area contributed by atoms with E-state index in [-0.39, 0.29) is 30.7 Å². The van der Waals surface area contributed by atoms with Crippen molar-refractivity contribution in [2.75, 3.05) is 6.61 Å². The summed E-state index contributed by atoms with van der Waals surface area (Å²) in [6.45, 7) is 1.93. The predicted octanol–water partition coefficient (Wildman–Crippen LogP) is 1.53. The lowest BCUT2D eigenvalue weighted by molar-refractivity contribution is 0.318. The van der Waals surface area contributed by atoms with Crippen molar-refractivity contribution in [2.24, 2.45) is 5.73 Å². The summed E-state index contributed by atoms with van der Waals surface area (Å²) in [5, 5.41) is 14.5. The molecule has 0 spiro atoms. The number of benzene rings is 1. The van der Waals surface area contributed by atoms with E-state index >= 15 is 0 Å². The molecule has 0 aliphatic rings. The van der Waals surface area contributed by atoms with Crippen molar-refractivity contribution in [3.05, 3.63) is 35.6 Å². The fourth-order valence-corrected chi connectivity index (χ4v) is 0.629. The number of amidine groups is 1. The second kappa shape index (κ2) is 8.47. The zero-order chi connectivity index (χ0) is 10.3. The molecule has 0 aliphatic heterocycles. The van der Waals surface area contributed by atoms with E-state index in [1.54, 1.807) is 6.92 Å². The van der Waals surface area contributed by atoms with Crippen molar-refractivity contribution in [3.8, 4) is 0 Å². The summed E-state index contributed by atoms with van der Waals surface area (Å²) in [5.41, 5.74) is 5.67. The van der Waals surface area contributed by atoms with Gasteiger partial charge >= 0.3 is 0 Å². The average Bonchev–Trinajstić information content (AvgIpc) is 2.06. The third kappa shape index (κ3) is 6.39. The van der Waals surface area contributed by atoms with Crippen molar-refractivity contribution in [2.45, 2.75) is 6.92 Å². The number of aliphatic hydroxyl groups is 1. The Morgan fingerprint density at radius 3 is 2.07 bits per heavy atom. The van der Waals surface area contributed by atoms with E-state index in [4.69, 9.17) is 16.2 Å².